The van der Waals surface area contributed by atoms with Crippen molar-refractivity contribution in [1.82, 2.24) is 0 Å². The molecule has 0 fully saturated rings. The van der Waals surface area contributed by atoms with E-state index in [9.17, 15) is 14.9 Å². The zero-order valence-corrected chi connectivity index (χ0v) is 14.6. The van der Waals surface area contributed by atoms with Crippen molar-refractivity contribution >= 4 is 17.3 Å². The fraction of sp³-hybridized carbons (Fsp3) is 0.316. The molecule has 132 valence electrons. The van der Waals surface area contributed by atoms with Crippen LogP contribution in [-0.2, 0) is 4.79 Å². The Morgan fingerprint density at radius 2 is 1.92 bits per heavy atom. The first-order valence-corrected chi connectivity index (χ1v) is 8.18. The number of nitro benzene ring substituents is 1. The van der Waals surface area contributed by atoms with Gasteiger partial charge in [-0.3, -0.25) is 14.9 Å². The Kier molecular flexibility index (Phi) is 6.11. The monoisotopic (exact) mass is 342 g/mol. The van der Waals surface area contributed by atoms with Gasteiger partial charge in [0.2, 0.25) is 0 Å². The third-order valence-corrected chi connectivity index (χ3v) is 4.13. The molecule has 6 nitrogen and oxygen atoms in total. The predicted octanol–water partition coefficient (Wildman–Crippen LogP) is 4.43. The summed E-state index contributed by atoms with van der Waals surface area (Å²) in [5, 5.41) is 13.4. The predicted molar refractivity (Wildman–Crippen MR) is 97.1 cm³/mol. The molecule has 0 aromatic heterocycles. The van der Waals surface area contributed by atoms with Crippen LogP contribution in [0.4, 0.5) is 11.4 Å². The molecule has 0 spiro atoms. The Hall–Kier alpha value is -2.89. The topological polar surface area (TPSA) is 81.5 Å². The summed E-state index contributed by atoms with van der Waals surface area (Å²) < 4.78 is 5.49. The largest absolute Gasteiger partial charge is 0.484 e. The molecule has 0 bridgehead atoms. The van der Waals surface area contributed by atoms with Gasteiger partial charge >= 0.3 is 0 Å². The van der Waals surface area contributed by atoms with E-state index in [1.165, 1.54) is 23.8 Å². The molecule has 0 unspecified atom stereocenters. The van der Waals surface area contributed by atoms with E-state index in [4.69, 9.17) is 4.74 Å². The molecule has 1 atom stereocenters. The summed E-state index contributed by atoms with van der Waals surface area (Å²) in [6.07, 6.45) is 1.07. The molecule has 0 radical (unpaired) electrons. The third kappa shape index (κ3) is 5.04. The minimum atomic E-state index is -0.467. The first kappa shape index (κ1) is 18.4. The Morgan fingerprint density at radius 1 is 1.24 bits per heavy atom. The van der Waals surface area contributed by atoms with Crippen LogP contribution in [0.1, 0.15) is 37.3 Å². The third-order valence-electron chi connectivity index (χ3n) is 4.13. The molecular weight excluding hydrogens is 320 g/mol. The number of amides is 1. The number of aryl methyl sites for hydroxylation is 1. The highest BCUT2D eigenvalue weighted by molar-refractivity contribution is 5.92. The quantitative estimate of drug-likeness (QED) is 0.596. The highest BCUT2D eigenvalue weighted by Gasteiger charge is 2.11. The molecule has 1 N–H and O–H groups in total. The van der Waals surface area contributed by atoms with Crippen LogP contribution in [0, 0.1) is 17.0 Å². The van der Waals surface area contributed by atoms with Gasteiger partial charge in [-0.15, -0.1) is 0 Å². The molecule has 1 amide bonds. The van der Waals surface area contributed by atoms with Gasteiger partial charge in [0.1, 0.15) is 5.75 Å². The van der Waals surface area contributed by atoms with Gasteiger partial charge in [-0.05, 0) is 48.6 Å². The number of nitrogens with one attached hydrogen (secondary N) is 1. The van der Waals surface area contributed by atoms with E-state index < -0.39 is 4.92 Å². The van der Waals surface area contributed by atoms with Gasteiger partial charge in [-0.2, -0.15) is 0 Å². The molecule has 2 aromatic rings. The van der Waals surface area contributed by atoms with Gasteiger partial charge in [-0.25, -0.2) is 0 Å². The zero-order valence-electron chi connectivity index (χ0n) is 14.6. The number of hydrogen-bond acceptors (Lipinski definition) is 4. The first-order chi connectivity index (χ1) is 11.9. The Morgan fingerprint density at radius 3 is 2.48 bits per heavy atom. The second-order valence-corrected chi connectivity index (χ2v) is 5.97. The lowest BCUT2D eigenvalue weighted by Crippen LogP contribution is -2.20. The molecule has 0 aliphatic heterocycles. The highest BCUT2D eigenvalue weighted by atomic mass is 16.6. The molecule has 0 aliphatic rings. The lowest BCUT2D eigenvalue weighted by atomic mass is 9.99. The zero-order chi connectivity index (χ0) is 18.4. The number of nitrogens with zero attached hydrogens (tertiary/aromatic N) is 1. The molecule has 0 aliphatic carbocycles. The molecule has 6 heteroatoms. The standard InChI is InChI=1S/C19H22N2O4/c1-4-13(2)15-5-8-17(9-6-15)25-12-19(22)20-18-10-7-16(21(23)24)11-14(18)3/h5-11,13H,4,12H2,1-3H3,(H,20,22)/t13-/m0/s1. The van der Waals surface area contributed by atoms with Gasteiger partial charge in [-0.1, -0.05) is 26.0 Å². The van der Waals surface area contributed by atoms with Gasteiger partial charge in [0.05, 0.1) is 4.92 Å². The summed E-state index contributed by atoms with van der Waals surface area (Å²) in [6, 6.07) is 12.0. The highest BCUT2D eigenvalue weighted by Crippen LogP contribution is 2.22. The van der Waals surface area contributed by atoms with Crippen molar-refractivity contribution in [2.45, 2.75) is 33.1 Å². The fourth-order valence-electron chi connectivity index (χ4n) is 2.37. The normalized spacial score (nSPS) is 11.6. The van der Waals surface area contributed by atoms with Crippen LogP contribution in [0.2, 0.25) is 0 Å². The summed E-state index contributed by atoms with van der Waals surface area (Å²) in [6.45, 7) is 5.88. The number of nitro groups is 1. The average Bonchev–Trinajstić information content (AvgIpc) is 2.61. The number of rotatable bonds is 7. The summed E-state index contributed by atoms with van der Waals surface area (Å²) >= 11 is 0. The average molecular weight is 342 g/mol. The summed E-state index contributed by atoms with van der Waals surface area (Å²) in [4.78, 5) is 22.3. The summed E-state index contributed by atoms with van der Waals surface area (Å²) in [5.74, 6) is 0.799. The Balaban J connectivity index is 1.91. The minimum Gasteiger partial charge on any atom is -0.484 e. The molecule has 0 saturated heterocycles. The van der Waals surface area contributed by atoms with Crippen LogP contribution in [0.5, 0.6) is 5.75 Å². The van der Waals surface area contributed by atoms with Crippen LogP contribution < -0.4 is 10.1 Å². The Labute approximate surface area is 147 Å². The minimum absolute atomic E-state index is 0.00635. The number of non-ortho nitro benzene ring substituents is 1. The number of benzene rings is 2. The van der Waals surface area contributed by atoms with Crippen molar-refractivity contribution in [3.8, 4) is 5.75 Å². The maximum Gasteiger partial charge on any atom is 0.269 e. The molecule has 25 heavy (non-hydrogen) atoms. The van der Waals surface area contributed by atoms with Gasteiger partial charge < -0.3 is 10.1 Å². The number of hydrogen-bond donors (Lipinski definition) is 1. The van der Waals surface area contributed by atoms with Gasteiger partial charge in [0, 0.05) is 17.8 Å². The van der Waals surface area contributed by atoms with E-state index >= 15 is 0 Å². The van der Waals surface area contributed by atoms with Gasteiger partial charge in [0.15, 0.2) is 6.61 Å². The molecule has 2 aromatic carbocycles. The van der Waals surface area contributed by atoms with Crippen LogP contribution in [-0.4, -0.2) is 17.4 Å². The van der Waals surface area contributed by atoms with Crippen molar-refractivity contribution in [2.24, 2.45) is 0 Å². The lowest BCUT2D eigenvalue weighted by molar-refractivity contribution is -0.384. The maximum absolute atomic E-state index is 12.0. The van der Waals surface area contributed by atoms with Gasteiger partial charge in [0.25, 0.3) is 11.6 Å². The Bertz CT molecular complexity index is 757. The molecule has 2 rings (SSSR count). The van der Waals surface area contributed by atoms with Crippen LogP contribution >= 0.6 is 0 Å². The SMILES string of the molecule is CC[C@H](C)c1ccc(OCC(=O)Nc2ccc([N+](=O)[O-])cc2C)cc1. The van der Waals surface area contributed by atoms with E-state index in [1.54, 1.807) is 6.92 Å². The number of carbonyl (C=O) groups is 1. The van der Waals surface area contributed by atoms with E-state index in [0.717, 1.165) is 6.42 Å². The van der Waals surface area contributed by atoms with Crippen molar-refractivity contribution < 1.29 is 14.5 Å². The van der Waals surface area contributed by atoms with Crippen molar-refractivity contribution in [3.05, 3.63) is 63.7 Å². The molecule has 0 heterocycles. The summed E-state index contributed by atoms with van der Waals surface area (Å²) in [5.41, 5.74) is 2.39. The number of ether oxygens (including phenoxy) is 1. The van der Waals surface area contributed by atoms with E-state index in [2.05, 4.69) is 19.2 Å². The maximum atomic E-state index is 12.0. The summed E-state index contributed by atoms with van der Waals surface area (Å²) in [7, 11) is 0. The van der Waals surface area contributed by atoms with Crippen molar-refractivity contribution in [2.75, 3.05) is 11.9 Å². The lowest BCUT2D eigenvalue weighted by Gasteiger charge is -2.11. The molecular formula is C19H22N2O4. The van der Waals surface area contributed by atoms with E-state index in [0.29, 0.717) is 22.9 Å². The van der Waals surface area contributed by atoms with Crippen LogP contribution in [0.3, 0.4) is 0 Å². The molecule has 0 saturated carbocycles. The number of anilines is 1. The van der Waals surface area contributed by atoms with Crippen LogP contribution in [0.15, 0.2) is 42.5 Å². The second kappa shape index (κ2) is 8.28. The van der Waals surface area contributed by atoms with Crippen molar-refractivity contribution in [3.63, 3.8) is 0 Å². The smallest absolute Gasteiger partial charge is 0.269 e. The van der Waals surface area contributed by atoms with E-state index in [1.807, 2.05) is 24.3 Å². The van der Waals surface area contributed by atoms with Crippen molar-refractivity contribution in [1.29, 1.82) is 0 Å². The van der Waals surface area contributed by atoms with E-state index in [-0.39, 0.29) is 18.2 Å². The fourth-order valence-corrected chi connectivity index (χ4v) is 2.37. The first-order valence-electron chi connectivity index (χ1n) is 8.18. The van der Waals surface area contributed by atoms with Crippen LogP contribution in [0.25, 0.3) is 0 Å². The number of carbonyl (C=O) groups excluding carboxylic acids is 1. The second-order valence-electron chi connectivity index (χ2n) is 5.97.